The maximum atomic E-state index is 13.3. The second kappa shape index (κ2) is 10.8. The lowest BCUT2D eigenvalue weighted by Gasteiger charge is -2.24. The first-order valence-electron chi connectivity index (χ1n) is 10.3. The highest BCUT2D eigenvalue weighted by Crippen LogP contribution is 2.36. The van der Waals surface area contributed by atoms with Crippen molar-refractivity contribution in [1.82, 2.24) is 4.72 Å². The van der Waals surface area contributed by atoms with Gasteiger partial charge in [0, 0.05) is 9.37 Å². The number of thioether (sulfide) groups is 1. The van der Waals surface area contributed by atoms with Crippen LogP contribution in [-0.4, -0.2) is 20.0 Å². The van der Waals surface area contributed by atoms with E-state index in [1.54, 1.807) is 24.3 Å². The normalized spacial score (nSPS) is 13.7. The van der Waals surface area contributed by atoms with E-state index in [2.05, 4.69) is 20.7 Å². The molecule has 3 rings (SSSR count). The van der Waals surface area contributed by atoms with E-state index in [-0.39, 0.29) is 16.1 Å². The average Bonchev–Trinajstić information content (AvgIpc) is 2.76. The first-order valence-corrected chi connectivity index (χ1v) is 13.4. The zero-order valence-electron chi connectivity index (χ0n) is 18.2. The van der Waals surface area contributed by atoms with Crippen LogP contribution in [0.2, 0.25) is 0 Å². The quantitative estimate of drug-likeness (QED) is 0.266. The molecule has 2 atom stereocenters. The van der Waals surface area contributed by atoms with Crippen molar-refractivity contribution in [2.24, 2.45) is 5.92 Å². The number of carbonyl (C=O) groups excluding carboxylic acids is 1. The summed E-state index contributed by atoms with van der Waals surface area (Å²) in [6.45, 7) is 5.92. The molecule has 1 unspecified atom stereocenters. The second-order valence-corrected chi connectivity index (χ2v) is 11.8. The predicted octanol–water partition coefficient (Wildman–Crippen LogP) is 6.14. The van der Waals surface area contributed by atoms with Crippen molar-refractivity contribution in [3.8, 4) is 0 Å². The van der Waals surface area contributed by atoms with Gasteiger partial charge in [0.05, 0.1) is 16.2 Å². The predicted molar refractivity (Wildman–Crippen MR) is 134 cm³/mol. The van der Waals surface area contributed by atoms with Crippen molar-refractivity contribution in [2.75, 3.05) is 0 Å². The minimum Gasteiger partial charge on any atom is -0.302 e. The lowest BCUT2D eigenvalue weighted by Crippen LogP contribution is -2.30. The van der Waals surface area contributed by atoms with E-state index in [4.69, 9.17) is 0 Å². The number of hydrogen-bond donors (Lipinski definition) is 1. The number of halogens is 1. The molecule has 32 heavy (non-hydrogen) atoms. The SMILES string of the molecule is Cc1ccc(S(=O)(=O)N[C@H](c2cccc(Br)c2)c2ccccc2SC(C=O)C(C)C)cc1. The molecule has 0 radical (unpaired) electrons. The molecule has 7 heteroatoms. The number of rotatable bonds is 9. The van der Waals surface area contributed by atoms with Gasteiger partial charge in [-0.3, -0.25) is 0 Å². The van der Waals surface area contributed by atoms with E-state index in [9.17, 15) is 13.2 Å². The molecule has 0 fully saturated rings. The van der Waals surface area contributed by atoms with Crippen molar-refractivity contribution in [1.29, 1.82) is 0 Å². The molecule has 0 saturated carbocycles. The molecule has 0 heterocycles. The number of nitrogens with one attached hydrogen (secondary N) is 1. The lowest BCUT2D eigenvalue weighted by atomic mass is 10.00. The summed E-state index contributed by atoms with van der Waals surface area (Å²) in [4.78, 5) is 12.7. The van der Waals surface area contributed by atoms with Crippen molar-refractivity contribution < 1.29 is 13.2 Å². The van der Waals surface area contributed by atoms with E-state index in [0.717, 1.165) is 32.3 Å². The zero-order chi connectivity index (χ0) is 23.3. The maximum Gasteiger partial charge on any atom is 0.241 e. The summed E-state index contributed by atoms with van der Waals surface area (Å²) >= 11 is 4.96. The first-order chi connectivity index (χ1) is 15.2. The van der Waals surface area contributed by atoms with E-state index >= 15 is 0 Å². The highest BCUT2D eigenvalue weighted by molar-refractivity contribution is 9.10. The highest BCUT2D eigenvalue weighted by Gasteiger charge is 2.26. The Bertz CT molecular complexity index is 1180. The Kier molecular flexibility index (Phi) is 8.33. The number of benzene rings is 3. The number of sulfonamides is 1. The monoisotopic (exact) mass is 531 g/mol. The van der Waals surface area contributed by atoms with Crippen LogP contribution in [0.25, 0.3) is 0 Å². The van der Waals surface area contributed by atoms with Gasteiger partial charge in [-0.2, -0.15) is 4.72 Å². The van der Waals surface area contributed by atoms with Crippen LogP contribution in [0.5, 0.6) is 0 Å². The summed E-state index contributed by atoms with van der Waals surface area (Å²) in [5.41, 5.74) is 2.59. The Morgan fingerprint density at radius 1 is 0.969 bits per heavy atom. The zero-order valence-corrected chi connectivity index (χ0v) is 21.4. The van der Waals surface area contributed by atoms with Crippen LogP contribution in [0.1, 0.15) is 36.6 Å². The molecule has 3 aromatic carbocycles. The minimum absolute atomic E-state index is 0.152. The molecule has 3 aromatic rings. The van der Waals surface area contributed by atoms with Gasteiger partial charge < -0.3 is 4.79 Å². The summed E-state index contributed by atoms with van der Waals surface area (Å²) in [6, 6.07) is 21.4. The topological polar surface area (TPSA) is 63.2 Å². The summed E-state index contributed by atoms with van der Waals surface area (Å²) in [5.74, 6) is 0.152. The molecule has 0 aliphatic rings. The summed E-state index contributed by atoms with van der Waals surface area (Å²) in [5, 5.41) is -0.229. The summed E-state index contributed by atoms with van der Waals surface area (Å²) < 4.78 is 30.3. The van der Waals surface area contributed by atoms with Gasteiger partial charge in [-0.25, -0.2) is 8.42 Å². The Morgan fingerprint density at radius 2 is 1.66 bits per heavy atom. The largest absolute Gasteiger partial charge is 0.302 e. The fourth-order valence-corrected chi connectivity index (χ4v) is 5.95. The van der Waals surface area contributed by atoms with E-state index in [0.29, 0.717) is 0 Å². The van der Waals surface area contributed by atoms with Gasteiger partial charge in [-0.05, 0) is 54.3 Å². The van der Waals surface area contributed by atoms with Gasteiger partial charge >= 0.3 is 0 Å². The Morgan fingerprint density at radius 3 is 2.28 bits per heavy atom. The van der Waals surface area contributed by atoms with Gasteiger partial charge in [-0.15, -0.1) is 11.8 Å². The van der Waals surface area contributed by atoms with Gasteiger partial charge in [0.1, 0.15) is 6.29 Å². The fraction of sp³-hybridized carbons (Fsp3) is 0.240. The molecular formula is C25H26BrNO3S2. The number of aryl methyl sites for hydroxylation is 1. The van der Waals surface area contributed by atoms with Gasteiger partial charge in [0.25, 0.3) is 0 Å². The molecule has 0 bridgehead atoms. The van der Waals surface area contributed by atoms with Crippen LogP contribution in [-0.2, 0) is 14.8 Å². The van der Waals surface area contributed by atoms with Gasteiger partial charge in [0.2, 0.25) is 10.0 Å². The van der Waals surface area contributed by atoms with E-state index < -0.39 is 16.1 Å². The van der Waals surface area contributed by atoms with Gasteiger partial charge in [-0.1, -0.05) is 77.8 Å². The van der Waals surface area contributed by atoms with Crippen LogP contribution < -0.4 is 4.72 Å². The first kappa shape index (κ1) is 24.7. The average molecular weight is 533 g/mol. The lowest BCUT2D eigenvalue weighted by molar-refractivity contribution is -0.107. The molecule has 0 aromatic heterocycles. The number of hydrogen-bond acceptors (Lipinski definition) is 4. The third-order valence-electron chi connectivity index (χ3n) is 5.07. The number of carbonyl (C=O) groups is 1. The van der Waals surface area contributed by atoms with Crippen LogP contribution >= 0.6 is 27.7 Å². The van der Waals surface area contributed by atoms with E-state index in [1.165, 1.54) is 11.8 Å². The van der Waals surface area contributed by atoms with E-state index in [1.807, 2.05) is 69.3 Å². The Balaban J connectivity index is 2.09. The van der Waals surface area contributed by atoms with Crippen LogP contribution in [0.3, 0.4) is 0 Å². The van der Waals surface area contributed by atoms with Crippen LogP contribution in [0.15, 0.2) is 87.1 Å². The molecule has 0 aliphatic heterocycles. The minimum atomic E-state index is -3.80. The van der Waals surface area contributed by atoms with Crippen molar-refractivity contribution in [3.63, 3.8) is 0 Å². The van der Waals surface area contributed by atoms with Crippen molar-refractivity contribution >= 4 is 44.0 Å². The third kappa shape index (κ3) is 6.10. The van der Waals surface area contributed by atoms with Gasteiger partial charge in [0.15, 0.2) is 0 Å². The van der Waals surface area contributed by atoms with Crippen molar-refractivity contribution in [2.45, 2.75) is 41.9 Å². The van der Waals surface area contributed by atoms with Crippen molar-refractivity contribution in [3.05, 3.63) is 94.0 Å². The third-order valence-corrected chi connectivity index (χ3v) is 8.56. The second-order valence-electron chi connectivity index (χ2n) is 7.92. The molecule has 168 valence electrons. The molecule has 1 N–H and O–H groups in total. The molecule has 0 spiro atoms. The Hall–Kier alpha value is -1.93. The summed E-state index contributed by atoms with van der Waals surface area (Å²) in [6.07, 6.45) is 0.955. The molecule has 0 amide bonds. The standard InChI is InChI=1S/C25H26BrNO3S2/c1-17(2)24(16-28)31-23-10-5-4-9-22(23)25(19-7-6-8-20(26)15-19)27-32(29,30)21-13-11-18(3)12-14-21/h4-17,24-25,27H,1-3H3/t24?,25-/m1/s1. The van der Waals surface area contributed by atoms with Crippen LogP contribution in [0.4, 0.5) is 0 Å². The molecular weight excluding hydrogens is 506 g/mol. The number of aldehydes is 1. The molecule has 4 nitrogen and oxygen atoms in total. The molecule has 0 aliphatic carbocycles. The highest BCUT2D eigenvalue weighted by atomic mass is 79.9. The summed E-state index contributed by atoms with van der Waals surface area (Å²) in [7, 11) is -3.80. The smallest absolute Gasteiger partial charge is 0.241 e. The maximum absolute atomic E-state index is 13.3. The molecule has 0 saturated heterocycles. The Labute approximate surface area is 203 Å². The fourth-order valence-electron chi connectivity index (χ4n) is 3.23. The van der Waals surface area contributed by atoms with Crippen LogP contribution in [0, 0.1) is 12.8 Å².